The molecule has 8 heteroatoms. The first kappa shape index (κ1) is 18.6. The number of anilines is 2. The van der Waals surface area contributed by atoms with Crippen LogP contribution in [0.1, 0.15) is 10.4 Å². The predicted molar refractivity (Wildman–Crippen MR) is 99.3 cm³/mol. The zero-order chi connectivity index (χ0) is 18.4. The summed E-state index contributed by atoms with van der Waals surface area (Å²) in [5.74, 6) is -0.213. The lowest BCUT2D eigenvalue weighted by molar-refractivity contribution is 0.0398. The lowest BCUT2D eigenvalue weighted by Crippen LogP contribution is -2.39. The van der Waals surface area contributed by atoms with Gasteiger partial charge in [0.2, 0.25) is 0 Å². The Bertz CT molecular complexity index is 769. The Labute approximate surface area is 156 Å². The number of aromatic nitrogens is 1. The molecule has 1 fully saturated rings. The van der Waals surface area contributed by atoms with Gasteiger partial charge in [0.05, 0.1) is 18.2 Å². The second kappa shape index (κ2) is 8.93. The second-order valence-electron chi connectivity index (χ2n) is 5.89. The zero-order valence-electron chi connectivity index (χ0n) is 14.2. The van der Waals surface area contributed by atoms with Crippen LogP contribution in [0.3, 0.4) is 0 Å². The first-order valence-electron chi connectivity index (χ1n) is 8.38. The van der Waals surface area contributed by atoms with Crippen LogP contribution in [0.2, 0.25) is 5.02 Å². The van der Waals surface area contributed by atoms with Gasteiger partial charge >= 0.3 is 0 Å². The number of morpholine rings is 1. The second-order valence-corrected chi connectivity index (χ2v) is 6.30. The minimum absolute atomic E-state index is 0.0389. The Morgan fingerprint density at radius 2 is 2.08 bits per heavy atom. The molecule has 0 spiro atoms. The van der Waals surface area contributed by atoms with Crippen molar-refractivity contribution in [2.75, 3.05) is 50.0 Å². The number of benzene rings is 1. The third-order valence-electron chi connectivity index (χ3n) is 4.04. The summed E-state index contributed by atoms with van der Waals surface area (Å²) in [6, 6.07) is 7.34. The van der Waals surface area contributed by atoms with Crippen LogP contribution in [0.15, 0.2) is 36.5 Å². The number of pyridine rings is 1. The third kappa shape index (κ3) is 5.14. The number of amides is 1. The van der Waals surface area contributed by atoms with E-state index in [0.29, 0.717) is 17.1 Å². The van der Waals surface area contributed by atoms with Gasteiger partial charge in [0.1, 0.15) is 11.6 Å². The molecule has 2 aromatic rings. The Morgan fingerprint density at radius 1 is 1.27 bits per heavy atom. The number of carbonyl (C=O) groups is 1. The summed E-state index contributed by atoms with van der Waals surface area (Å²) in [5, 5.41) is 5.88. The van der Waals surface area contributed by atoms with Crippen molar-refractivity contribution in [1.29, 1.82) is 0 Å². The van der Waals surface area contributed by atoms with Gasteiger partial charge < -0.3 is 15.4 Å². The summed E-state index contributed by atoms with van der Waals surface area (Å²) in [6.07, 6.45) is 1.57. The summed E-state index contributed by atoms with van der Waals surface area (Å²) in [7, 11) is 0. The van der Waals surface area contributed by atoms with Crippen LogP contribution in [0.4, 0.5) is 15.9 Å². The summed E-state index contributed by atoms with van der Waals surface area (Å²) in [6.45, 7) is 5.00. The Hall–Kier alpha value is -2.22. The van der Waals surface area contributed by atoms with Crippen molar-refractivity contribution >= 4 is 29.0 Å². The molecule has 1 aliphatic heterocycles. The molecule has 0 saturated carbocycles. The van der Waals surface area contributed by atoms with Crippen LogP contribution in [0, 0.1) is 5.82 Å². The molecule has 138 valence electrons. The molecule has 3 rings (SSSR count). The van der Waals surface area contributed by atoms with E-state index >= 15 is 0 Å². The van der Waals surface area contributed by atoms with Crippen molar-refractivity contribution in [3.8, 4) is 0 Å². The highest BCUT2D eigenvalue weighted by atomic mass is 35.5. The topological polar surface area (TPSA) is 66.5 Å². The first-order valence-corrected chi connectivity index (χ1v) is 8.76. The van der Waals surface area contributed by atoms with Gasteiger partial charge in [-0.05, 0) is 30.3 Å². The van der Waals surface area contributed by atoms with E-state index in [-0.39, 0.29) is 10.9 Å². The lowest BCUT2D eigenvalue weighted by atomic mass is 10.2. The minimum atomic E-state index is -0.527. The molecule has 0 unspecified atom stereocenters. The molecule has 26 heavy (non-hydrogen) atoms. The average Bonchev–Trinajstić information content (AvgIpc) is 2.66. The van der Waals surface area contributed by atoms with Crippen LogP contribution < -0.4 is 10.6 Å². The Balaban J connectivity index is 1.55. The highest BCUT2D eigenvalue weighted by Crippen LogP contribution is 2.20. The molecule has 6 nitrogen and oxygen atoms in total. The van der Waals surface area contributed by atoms with E-state index in [1.165, 1.54) is 18.2 Å². The van der Waals surface area contributed by atoms with E-state index in [0.717, 1.165) is 39.4 Å². The molecule has 1 amide bonds. The molecule has 1 aromatic heterocycles. The molecular formula is C18H20ClFN4O2. The molecule has 0 bridgehead atoms. The molecule has 2 heterocycles. The van der Waals surface area contributed by atoms with E-state index in [1.807, 2.05) is 0 Å². The van der Waals surface area contributed by atoms with E-state index in [9.17, 15) is 9.18 Å². The van der Waals surface area contributed by atoms with Gasteiger partial charge in [-0.2, -0.15) is 0 Å². The molecule has 0 atom stereocenters. The van der Waals surface area contributed by atoms with Crippen molar-refractivity contribution in [2.45, 2.75) is 0 Å². The summed E-state index contributed by atoms with van der Waals surface area (Å²) in [5.41, 5.74) is 0.884. The van der Waals surface area contributed by atoms with E-state index in [1.54, 1.807) is 18.3 Å². The monoisotopic (exact) mass is 378 g/mol. The standard InChI is InChI=1S/C18H20ClFN4O2/c19-15-12-14(1-2-16(15)20)23-18(25)13-3-4-21-17(11-13)22-5-6-24-7-9-26-10-8-24/h1-4,11-12H,5-10H2,(H,21,22)(H,23,25). The van der Waals surface area contributed by atoms with Gasteiger partial charge in [0, 0.05) is 43.6 Å². The van der Waals surface area contributed by atoms with Crippen molar-refractivity contribution < 1.29 is 13.9 Å². The Kier molecular flexibility index (Phi) is 6.38. The zero-order valence-corrected chi connectivity index (χ0v) is 14.9. The molecule has 2 N–H and O–H groups in total. The highest BCUT2D eigenvalue weighted by Gasteiger charge is 2.11. The number of carbonyl (C=O) groups excluding carboxylic acids is 1. The number of hydrogen-bond donors (Lipinski definition) is 2. The lowest BCUT2D eigenvalue weighted by Gasteiger charge is -2.26. The molecule has 1 aliphatic rings. The fourth-order valence-electron chi connectivity index (χ4n) is 2.61. The van der Waals surface area contributed by atoms with E-state index in [2.05, 4.69) is 20.5 Å². The fourth-order valence-corrected chi connectivity index (χ4v) is 2.79. The summed E-state index contributed by atoms with van der Waals surface area (Å²) in [4.78, 5) is 18.9. The maximum atomic E-state index is 13.2. The van der Waals surface area contributed by atoms with Gasteiger partial charge in [-0.3, -0.25) is 9.69 Å². The Morgan fingerprint density at radius 3 is 2.85 bits per heavy atom. The van der Waals surface area contributed by atoms with Crippen molar-refractivity contribution in [3.63, 3.8) is 0 Å². The van der Waals surface area contributed by atoms with Crippen LogP contribution in [-0.4, -0.2) is 55.2 Å². The van der Waals surface area contributed by atoms with Crippen molar-refractivity contribution in [3.05, 3.63) is 52.9 Å². The quantitative estimate of drug-likeness (QED) is 0.809. The van der Waals surface area contributed by atoms with Crippen LogP contribution in [-0.2, 0) is 4.74 Å². The molecule has 1 aromatic carbocycles. The SMILES string of the molecule is O=C(Nc1ccc(F)c(Cl)c1)c1ccnc(NCCN2CCOCC2)c1. The number of halogens is 2. The number of nitrogens with one attached hydrogen (secondary N) is 2. The van der Waals surface area contributed by atoms with Crippen LogP contribution in [0.25, 0.3) is 0 Å². The molecule has 0 aliphatic carbocycles. The van der Waals surface area contributed by atoms with Gasteiger partial charge in [-0.1, -0.05) is 11.6 Å². The number of rotatable bonds is 6. The molecular weight excluding hydrogens is 359 g/mol. The van der Waals surface area contributed by atoms with Gasteiger partial charge in [0.25, 0.3) is 5.91 Å². The van der Waals surface area contributed by atoms with E-state index < -0.39 is 5.82 Å². The average molecular weight is 379 g/mol. The van der Waals surface area contributed by atoms with Crippen LogP contribution >= 0.6 is 11.6 Å². The van der Waals surface area contributed by atoms with Gasteiger partial charge in [0.15, 0.2) is 0 Å². The normalized spacial score (nSPS) is 14.8. The fraction of sp³-hybridized carbons (Fsp3) is 0.333. The van der Waals surface area contributed by atoms with Gasteiger partial charge in [-0.15, -0.1) is 0 Å². The molecule has 0 radical (unpaired) electrons. The van der Waals surface area contributed by atoms with Crippen molar-refractivity contribution in [1.82, 2.24) is 9.88 Å². The van der Waals surface area contributed by atoms with Crippen LogP contribution in [0.5, 0.6) is 0 Å². The summed E-state index contributed by atoms with van der Waals surface area (Å²) >= 11 is 5.73. The predicted octanol–water partition coefficient (Wildman–Crippen LogP) is 2.87. The third-order valence-corrected chi connectivity index (χ3v) is 4.33. The first-order chi connectivity index (χ1) is 12.6. The smallest absolute Gasteiger partial charge is 0.255 e. The maximum Gasteiger partial charge on any atom is 0.255 e. The number of nitrogens with zero attached hydrogens (tertiary/aromatic N) is 2. The van der Waals surface area contributed by atoms with Gasteiger partial charge in [-0.25, -0.2) is 9.37 Å². The highest BCUT2D eigenvalue weighted by molar-refractivity contribution is 6.31. The maximum absolute atomic E-state index is 13.2. The number of hydrogen-bond acceptors (Lipinski definition) is 5. The van der Waals surface area contributed by atoms with Crippen molar-refractivity contribution in [2.24, 2.45) is 0 Å². The summed E-state index contributed by atoms with van der Waals surface area (Å²) < 4.78 is 18.5. The molecule has 1 saturated heterocycles. The minimum Gasteiger partial charge on any atom is -0.379 e. The van der Waals surface area contributed by atoms with E-state index in [4.69, 9.17) is 16.3 Å². The largest absolute Gasteiger partial charge is 0.379 e. The number of ether oxygens (including phenoxy) is 1.